The van der Waals surface area contributed by atoms with Gasteiger partial charge in [0.2, 0.25) is 0 Å². The van der Waals surface area contributed by atoms with E-state index in [2.05, 4.69) is 48.9 Å². The molecule has 1 N–H and O–H groups in total. The molecule has 1 aliphatic rings. The van der Waals surface area contributed by atoms with Crippen molar-refractivity contribution in [2.75, 3.05) is 19.6 Å². The molecule has 1 saturated heterocycles. The molecule has 1 aliphatic heterocycles. The van der Waals surface area contributed by atoms with Crippen LogP contribution in [0.4, 0.5) is 0 Å². The average Bonchev–Trinajstić information content (AvgIpc) is 3.11. The van der Waals surface area contributed by atoms with E-state index in [9.17, 15) is 4.79 Å². The first-order chi connectivity index (χ1) is 14.4. The zero-order valence-corrected chi connectivity index (χ0v) is 19.1. The third kappa shape index (κ3) is 3.85. The van der Waals surface area contributed by atoms with Crippen molar-refractivity contribution in [2.45, 2.75) is 58.8 Å². The van der Waals surface area contributed by atoms with E-state index < -0.39 is 0 Å². The highest BCUT2D eigenvalue weighted by atomic mass is 16.1. The first kappa shape index (κ1) is 20.9. The van der Waals surface area contributed by atoms with Crippen LogP contribution in [0.5, 0.6) is 0 Å². The van der Waals surface area contributed by atoms with Gasteiger partial charge in [-0.15, -0.1) is 0 Å². The van der Waals surface area contributed by atoms with Gasteiger partial charge in [-0.2, -0.15) is 0 Å². The molecule has 4 heteroatoms. The van der Waals surface area contributed by atoms with Gasteiger partial charge in [0.05, 0.1) is 5.69 Å². The molecule has 0 bridgehead atoms. The molecule has 0 saturated carbocycles. The Bertz CT molecular complexity index is 1070. The van der Waals surface area contributed by atoms with E-state index in [-0.39, 0.29) is 5.56 Å². The molecule has 1 fully saturated rings. The van der Waals surface area contributed by atoms with Crippen LogP contribution in [0.25, 0.3) is 22.2 Å². The number of hydrogen-bond donors (Lipinski definition) is 1. The minimum atomic E-state index is 0.0673. The quantitative estimate of drug-likeness (QED) is 0.604. The molecule has 3 aromatic rings. The number of nitrogens with zero attached hydrogens (tertiary/aromatic N) is 2. The molecule has 3 heterocycles. The van der Waals surface area contributed by atoms with E-state index in [0.29, 0.717) is 11.8 Å². The van der Waals surface area contributed by atoms with Gasteiger partial charge < -0.3 is 14.5 Å². The van der Waals surface area contributed by atoms with Crippen molar-refractivity contribution in [3.05, 3.63) is 57.5 Å². The SMILES string of the molecule is CCCN1CCC(c2ccc3[nH]c(-c4cc(C)c(=O)n(C)c4)c(C(C)C)c3c2)CC1. The fraction of sp³-hybridized carbons (Fsp3) is 0.500. The molecular weight excluding hydrogens is 370 g/mol. The number of H-pyrrole nitrogens is 1. The predicted octanol–water partition coefficient (Wildman–Crippen LogP) is 5.55. The largest absolute Gasteiger partial charge is 0.354 e. The van der Waals surface area contributed by atoms with Gasteiger partial charge in [0.1, 0.15) is 0 Å². The van der Waals surface area contributed by atoms with E-state index in [1.807, 2.05) is 26.2 Å². The van der Waals surface area contributed by atoms with Gasteiger partial charge in [-0.3, -0.25) is 4.79 Å². The molecule has 1 aromatic carbocycles. The summed E-state index contributed by atoms with van der Waals surface area (Å²) in [7, 11) is 1.83. The number of nitrogens with one attached hydrogen (secondary N) is 1. The van der Waals surface area contributed by atoms with Crippen LogP contribution in [0, 0.1) is 6.92 Å². The van der Waals surface area contributed by atoms with Crippen molar-refractivity contribution in [1.82, 2.24) is 14.5 Å². The predicted molar refractivity (Wildman–Crippen MR) is 127 cm³/mol. The summed E-state index contributed by atoms with van der Waals surface area (Å²) >= 11 is 0. The molecule has 160 valence electrons. The maximum absolute atomic E-state index is 12.2. The van der Waals surface area contributed by atoms with Gasteiger partial charge in [-0.1, -0.05) is 26.8 Å². The van der Waals surface area contributed by atoms with E-state index in [1.54, 1.807) is 4.57 Å². The summed E-state index contributed by atoms with van der Waals surface area (Å²) < 4.78 is 1.69. The Morgan fingerprint density at radius 2 is 1.90 bits per heavy atom. The molecule has 30 heavy (non-hydrogen) atoms. The van der Waals surface area contributed by atoms with Gasteiger partial charge in [-0.05, 0) is 87.0 Å². The zero-order valence-electron chi connectivity index (χ0n) is 19.1. The van der Waals surface area contributed by atoms with E-state index in [0.717, 1.165) is 16.8 Å². The Hall–Kier alpha value is -2.33. The van der Waals surface area contributed by atoms with E-state index in [4.69, 9.17) is 0 Å². The van der Waals surface area contributed by atoms with E-state index in [1.165, 1.54) is 60.9 Å². The number of rotatable bonds is 5. The van der Waals surface area contributed by atoms with Crippen molar-refractivity contribution < 1.29 is 0 Å². The minimum Gasteiger partial charge on any atom is -0.354 e. The second kappa shape index (κ2) is 8.43. The minimum absolute atomic E-state index is 0.0673. The van der Waals surface area contributed by atoms with E-state index >= 15 is 0 Å². The topological polar surface area (TPSA) is 41.0 Å². The summed E-state index contributed by atoms with van der Waals surface area (Å²) in [6.07, 6.45) is 5.70. The molecule has 2 aromatic heterocycles. The van der Waals surface area contributed by atoms with Crippen LogP contribution < -0.4 is 5.56 Å². The molecule has 0 unspecified atom stereocenters. The summed E-state index contributed by atoms with van der Waals surface area (Å²) in [5, 5.41) is 1.33. The Balaban J connectivity index is 1.74. The molecule has 0 atom stereocenters. The number of aromatic nitrogens is 2. The van der Waals surface area contributed by atoms with Crippen molar-refractivity contribution in [1.29, 1.82) is 0 Å². The van der Waals surface area contributed by atoms with Crippen LogP contribution in [-0.2, 0) is 7.05 Å². The fourth-order valence-electron chi connectivity index (χ4n) is 5.13. The van der Waals surface area contributed by atoms with Crippen molar-refractivity contribution in [3.8, 4) is 11.3 Å². The summed E-state index contributed by atoms with van der Waals surface area (Å²) in [4.78, 5) is 18.4. The van der Waals surface area contributed by atoms with Crippen molar-refractivity contribution in [3.63, 3.8) is 0 Å². The molecule has 0 radical (unpaired) electrons. The van der Waals surface area contributed by atoms with Crippen LogP contribution in [0.2, 0.25) is 0 Å². The lowest BCUT2D eigenvalue weighted by Crippen LogP contribution is -2.33. The number of fused-ring (bicyclic) bond motifs is 1. The smallest absolute Gasteiger partial charge is 0.253 e. The third-order valence-corrected chi connectivity index (χ3v) is 6.69. The summed E-state index contributed by atoms with van der Waals surface area (Å²) in [6, 6.07) is 9.02. The third-order valence-electron chi connectivity index (χ3n) is 6.69. The first-order valence-electron chi connectivity index (χ1n) is 11.4. The van der Waals surface area contributed by atoms with Crippen LogP contribution in [-0.4, -0.2) is 34.1 Å². The van der Waals surface area contributed by atoms with Crippen LogP contribution in [0.15, 0.2) is 35.3 Å². The van der Waals surface area contributed by atoms with Gasteiger partial charge in [0.15, 0.2) is 0 Å². The molecule has 0 spiro atoms. The Morgan fingerprint density at radius 1 is 1.17 bits per heavy atom. The molecular formula is C26H35N3O. The maximum atomic E-state index is 12.2. The number of aromatic amines is 1. The number of aryl methyl sites for hydroxylation is 2. The van der Waals surface area contributed by atoms with Crippen LogP contribution >= 0.6 is 0 Å². The number of hydrogen-bond acceptors (Lipinski definition) is 2. The lowest BCUT2D eigenvalue weighted by atomic mass is 9.87. The highest BCUT2D eigenvalue weighted by molar-refractivity contribution is 5.92. The lowest BCUT2D eigenvalue weighted by Gasteiger charge is -2.32. The average molecular weight is 406 g/mol. The van der Waals surface area contributed by atoms with Crippen molar-refractivity contribution in [2.24, 2.45) is 7.05 Å². The normalized spacial score (nSPS) is 16.1. The highest BCUT2D eigenvalue weighted by Crippen LogP contribution is 2.38. The Labute approximate surface area is 179 Å². The second-order valence-electron chi connectivity index (χ2n) is 9.32. The Kier molecular flexibility index (Phi) is 5.88. The molecule has 0 aliphatic carbocycles. The first-order valence-corrected chi connectivity index (χ1v) is 11.4. The summed E-state index contributed by atoms with van der Waals surface area (Å²) in [6.45, 7) is 12.3. The molecule has 0 amide bonds. The van der Waals surface area contributed by atoms with Gasteiger partial charge in [-0.25, -0.2) is 0 Å². The highest BCUT2D eigenvalue weighted by Gasteiger charge is 2.22. The monoisotopic (exact) mass is 405 g/mol. The second-order valence-corrected chi connectivity index (χ2v) is 9.32. The summed E-state index contributed by atoms with van der Waals surface area (Å²) in [5.41, 5.74) is 7.10. The Morgan fingerprint density at radius 3 is 2.53 bits per heavy atom. The van der Waals surface area contributed by atoms with Crippen molar-refractivity contribution >= 4 is 10.9 Å². The molecule has 4 rings (SSSR count). The number of likely N-dealkylation sites (tertiary alicyclic amines) is 1. The zero-order chi connectivity index (χ0) is 21.4. The van der Waals surface area contributed by atoms with Gasteiger partial charge in [0, 0.05) is 35.3 Å². The number of benzene rings is 1. The maximum Gasteiger partial charge on any atom is 0.253 e. The van der Waals surface area contributed by atoms with Gasteiger partial charge >= 0.3 is 0 Å². The number of pyridine rings is 1. The number of piperidine rings is 1. The fourth-order valence-corrected chi connectivity index (χ4v) is 5.13. The summed E-state index contributed by atoms with van der Waals surface area (Å²) in [5.74, 6) is 1.05. The lowest BCUT2D eigenvalue weighted by molar-refractivity contribution is 0.213. The van der Waals surface area contributed by atoms with Crippen LogP contribution in [0.1, 0.15) is 68.6 Å². The standard InChI is InChI=1S/C26H35N3O/c1-6-11-29-12-9-19(10-13-29)20-7-8-23-22(15-20)24(17(2)3)25(27-23)21-14-18(4)26(30)28(5)16-21/h7-8,14-17,19,27H,6,9-13H2,1-5H3. The van der Waals surface area contributed by atoms with Gasteiger partial charge in [0.25, 0.3) is 5.56 Å². The van der Waals surface area contributed by atoms with Crippen LogP contribution in [0.3, 0.4) is 0 Å². The molecule has 4 nitrogen and oxygen atoms in total.